The molecular weight excluding hydrogens is 404 g/mol. The second-order valence-corrected chi connectivity index (χ2v) is 9.35. The Hall–Kier alpha value is -2.84. The van der Waals surface area contributed by atoms with Crippen molar-refractivity contribution in [1.82, 2.24) is 10.2 Å². The molecule has 2 aromatic carbocycles. The van der Waals surface area contributed by atoms with E-state index in [1.54, 1.807) is 37.3 Å². The van der Waals surface area contributed by atoms with Gasteiger partial charge in [0.05, 0.1) is 0 Å². The first-order valence-corrected chi connectivity index (χ1v) is 11.0. The minimum Gasteiger partial charge on any atom is -0.615 e. The average molecular weight is 426 g/mol. The molecule has 2 aromatic rings. The number of β-lactam (4-membered cyclic amide) rings is 1. The fourth-order valence-corrected chi connectivity index (χ4v) is 5.73. The van der Waals surface area contributed by atoms with Gasteiger partial charge in [0, 0.05) is 12.1 Å². The number of fused-ring (bicyclic) bond motifs is 1. The smallest absolute Gasteiger partial charge is 0.318 e. The van der Waals surface area contributed by atoms with E-state index in [9.17, 15) is 18.9 Å². The third kappa shape index (κ3) is 3.80. The van der Waals surface area contributed by atoms with E-state index < -0.39 is 34.0 Å². The highest BCUT2D eigenvalue weighted by molar-refractivity contribution is 7.92. The summed E-state index contributed by atoms with van der Waals surface area (Å²) in [5, 5.41) is 2.05. The van der Waals surface area contributed by atoms with Crippen LogP contribution in [0.1, 0.15) is 22.8 Å². The number of rotatable bonds is 5. The minimum absolute atomic E-state index is 0.0762. The third-order valence-electron chi connectivity index (χ3n) is 5.42. The maximum Gasteiger partial charge on any atom is 0.318 e. The first-order valence-electron chi connectivity index (χ1n) is 9.64. The number of amides is 2. The van der Waals surface area contributed by atoms with Crippen LogP contribution in [0.5, 0.6) is 0 Å². The SMILES string of the molecule is CC1(C(=O)OCc2ccccc2)CN2C(=O)C(NC(=O)c3ccccc3)[C@H]2[S+]([O-])C1. The van der Waals surface area contributed by atoms with E-state index in [4.69, 9.17) is 4.74 Å². The number of nitrogens with one attached hydrogen (secondary N) is 1. The normalized spacial score (nSPS) is 27.6. The van der Waals surface area contributed by atoms with Crippen molar-refractivity contribution in [3.63, 3.8) is 0 Å². The van der Waals surface area contributed by atoms with Crippen LogP contribution in [0.25, 0.3) is 0 Å². The third-order valence-corrected chi connectivity index (χ3v) is 7.41. The number of hydrogen-bond donors (Lipinski definition) is 1. The van der Waals surface area contributed by atoms with Gasteiger partial charge in [0.15, 0.2) is 6.04 Å². The molecule has 1 N–H and O–H groups in total. The summed E-state index contributed by atoms with van der Waals surface area (Å²) in [6, 6.07) is 17.0. The molecule has 0 saturated carbocycles. The van der Waals surface area contributed by atoms with Crippen LogP contribution >= 0.6 is 0 Å². The Bertz CT molecular complexity index is 955. The van der Waals surface area contributed by atoms with Gasteiger partial charge in [-0.15, -0.1) is 0 Å². The summed E-state index contributed by atoms with van der Waals surface area (Å²) < 4.78 is 18.3. The van der Waals surface area contributed by atoms with Gasteiger partial charge >= 0.3 is 5.97 Å². The predicted octanol–water partition coefficient (Wildman–Crippen LogP) is 1.47. The van der Waals surface area contributed by atoms with Gasteiger partial charge in [0.1, 0.15) is 17.8 Å². The predicted molar refractivity (Wildman–Crippen MR) is 111 cm³/mol. The van der Waals surface area contributed by atoms with Crippen LogP contribution in [0.4, 0.5) is 0 Å². The van der Waals surface area contributed by atoms with Crippen molar-refractivity contribution in [3.05, 3.63) is 71.8 Å². The molecule has 2 aliphatic rings. The Labute approximate surface area is 177 Å². The second-order valence-electron chi connectivity index (χ2n) is 7.82. The quantitative estimate of drug-likeness (QED) is 0.443. The van der Waals surface area contributed by atoms with Crippen LogP contribution in [-0.4, -0.2) is 50.9 Å². The molecule has 2 aliphatic heterocycles. The van der Waals surface area contributed by atoms with Gasteiger partial charge in [-0.05, 0) is 35.8 Å². The van der Waals surface area contributed by atoms with Crippen molar-refractivity contribution in [2.24, 2.45) is 5.41 Å². The lowest BCUT2D eigenvalue weighted by molar-refractivity contribution is -0.162. The summed E-state index contributed by atoms with van der Waals surface area (Å²) in [5.41, 5.74) is 0.230. The first-order chi connectivity index (χ1) is 14.4. The number of hydrogen-bond acceptors (Lipinski definition) is 5. The average Bonchev–Trinajstić information content (AvgIpc) is 2.76. The summed E-state index contributed by atoms with van der Waals surface area (Å²) in [4.78, 5) is 39.1. The van der Waals surface area contributed by atoms with Crippen molar-refractivity contribution >= 4 is 29.0 Å². The van der Waals surface area contributed by atoms with Crippen molar-refractivity contribution in [2.45, 2.75) is 24.9 Å². The van der Waals surface area contributed by atoms with Gasteiger partial charge in [0.2, 0.25) is 5.37 Å². The van der Waals surface area contributed by atoms with Crippen LogP contribution in [0.2, 0.25) is 0 Å². The molecule has 2 saturated heterocycles. The molecule has 0 aliphatic carbocycles. The molecule has 2 amide bonds. The van der Waals surface area contributed by atoms with Crippen LogP contribution < -0.4 is 5.32 Å². The maximum absolute atomic E-state index is 12.9. The van der Waals surface area contributed by atoms with E-state index in [1.807, 2.05) is 30.3 Å². The molecule has 7 nitrogen and oxygen atoms in total. The zero-order valence-corrected chi connectivity index (χ0v) is 17.3. The zero-order valence-electron chi connectivity index (χ0n) is 16.4. The first kappa shape index (κ1) is 20.4. The molecule has 0 radical (unpaired) electrons. The van der Waals surface area contributed by atoms with Gasteiger partial charge < -0.3 is 14.6 Å². The number of esters is 1. The molecule has 30 heavy (non-hydrogen) atoms. The summed E-state index contributed by atoms with van der Waals surface area (Å²) in [5.74, 6) is -1.13. The van der Waals surface area contributed by atoms with E-state index in [1.165, 1.54) is 4.90 Å². The molecule has 156 valence electrons. The molecule has 3 unspecified atom stereocenters. The van der Waals surface area contributed by atoms with Crippen molar-refractivity contribution in [2.75, 3.05) is 12.3 Å². The minimum atomic E-state index is -1.50. The maximum atomic E-state index is 12.9. The highest BCUT2D eigenvalue weighted by Gasteiger charge is 2.63. The van der Waals surface area contributed by atoms with Gasteiger partial charge in [-0.1, -0.05) is 48.5 Å². The Morgan fingerprint density at radius 2 is 1.80 bits per heavy atom. The summed E-state index contributed by atoms with van der Waals surface area (Å²) in [6.45, 7) is 1.90. The fourth-order valence-electron chi connectivity index (χ4n) is 3.77. The monoisotopic (exact) mass is 426 g/mol. The zero-order chi connectivity index (χ0) is 21.3. The van der Waals surface area contributed by atoms with Crippen molar-refractivity contribution in [3.8, 4) is 0 Å². The lowest BCUT2D eigenvalue weighted by atomic mass is 9.89. The molecular formula is C22H22N2O5S. The topological polar surface area (TPSA) is 98.8 Å². The lowest BCUT2D eigenvalue weighted by Crippen LogP contribution is -2.78. The van der Waals surface area contributed by atoms with E-state index in [2.05, 4.69) is 5.32 Å². The van der Waals surface area contributed by atoms with E-state index in [-0.39, 0.29) is 30.7 Å². The molecule has 8 heteroatoms. The summed E-state index contributed by atoms with van der Waals surface area (Å²) in [7, 11) is 0. The number of benzene rings is 2. The largest absolute Gasteiger partial charge is 0.615 e. The Morgan fingerprint density at radius 3 is 2.47 bits per heavy atom. The van der Waals surface area contributed by atoms with Crippen molar-refractivity contribution < 1.29 is 23.7 Å². The van der Waals surface area contributed by atoms with Crippen LogP contribution in [0.15, 0.2) is 60.7 Å². The molecule has 0 aromatic heterocycles. The fraction of sp³-hybridized carbons (Fsp3) is 0.318. The molecule has 0 bridgehead atoms. The highest BCUT2D eigenvalue weighted by atomic mass is 32.2. The van der Waals surface area contributed by atoms with Crippen molar-refractivity contribution in [1.29, 1.82) is 0 Å². The van der Waals surface area contributed by atoms with Gasteiger partial charge in [-0.2, -0.15) is 0 Å². The highest BCUT2D eigenvalue weighted by Crippen LogP contribution is 2.39. The van der Waals surface area contributed by atoms with E-state index in [0.29, 0.717) is 5.56 Å². The van der Waals surface area contributed by atoms with Crippen LogP contribution in [0.3, 0.4) is 0 Å². The number of carbonyl (C=O) groups is 3. The van der Waals surface area contributed by atoms with Gasteiger partial charge in [0.25, 0.3) is 11.8 Å². The molecule has 4 atom stereocenters. The second kappa shape index (κ2) is 8.12. The standard InChI is InChI=1S/C22H22N2O5S/c1-22(21(27)29-12-15-8-4-2-5-9-15)13-24-19(26)17(20(24)30(28)14-22)23-18(25)16-10-6-3-7-11-16/h2-11,17,20H,12-14H2,1H3,(H,23,25)/t17?,20-,22?,30?/m1/s1. The summed E-state index contributed by atoms with van der Waals surface area (Å²) in [6.07, 6.45) is 0. The van der Waals surface area contributed by atoms with E-state index in [0.717, 1.165) is 5.56 Å². The Morgan fingerprint density at radius 1 is 1.17 bits per heavy atom. The molecule has 2 fully saturated rings. The van der Waals surface area contributed by atoms with Gasteiger partial charge in [-0.3, -0.25) is 19.3 Å². The number of nitrogens with zero attached hydrogens (tertiary/aromatic N) is 1. The Kier molecular flexibility index (Phi) is 5.53. The Balaban J connectivity index is 1.39. The molecule has 0 spiro atoms. The lowest BCUT2D eigenvalue weighted by Gasteiger charge is -2.52. The summed E-state index contributed by atoms with van der Waals surface area (Å²) >= 11 is -1.50. The number of carbonyl (C=O) groups excluding carboxylic acids is 3. The van der Waals surface area contributed by atoms with Crippen LogP contribution in [-0.2, 0) is 32.1 Å². The van der Waals surface area contributed by atoms with E-state index >= 15 is 0 Å². The van der Waals surface area contributed by atoms with Crippen LogP contribution in [0, 0.1) is 5.41 Å². The van der Waals surface area contributed by atoms with Gasteiger partial charge in [-0.25, -0.2) is 0 Å². The molecule has 4 rings (SSSR count). The molecule has 2 heterocycles. The number of ether oxygens (including phenoxy) is 1.